The highest BCUT2D eigenvalue weighted by Crippen LogP contribution is 2.31. The maximum absolute atomic E-state index is 12.3. The third-order valence-electron chi connectivity index (χ3n) is 2.64. The lowest BCUT2D eigenvalue weighted by molar-refractivity contribution is 0.0977. The van der Waals surface area contributed by atoms with E-state index in [0.717, 1.165) is 11.4 Å². The second-order valence-electron chi connectivity index (χ2n) is 3.66. The van der Waals surface area contributed by atoms with Gasteiger partial charge in [-0.3, -0.25) is 9.78 Å². The molecule has 5 heteroatoms. The molecule has 0 unspecified atom stereocenters. The largest absolute Gasteiger partial charge is 0.489 e. The Bertz CT molecular complexity index is 539. The summed E-state index contributed by atoms with van der Waals surface area (Å²) in [5.74, 6) is 0.721. The first kappa shape index (κ1) is 10.3. The molecular weight excluding hydrogens is 236 g/mol. The Morgan fingerprint density at radius 3 is 3.24 bits per heavy atom. The van der Waals surface area contributed by atoms with E-state index >= 15 is 0 Å². The van der Waals surface area contributed by atoms with E-state index in [0.29, 0.717) is 18.7 Å². The van der Waals surface area contributed by atoms with Gasteiger partial charge in [-0.1, -0.05) is 0 Å². The summed E-state index contributed by atoms with van der Waals surface area (Å²) in [6.07, 6.45) is 3.33. The van der Waals surface area contributed by atoms with Gasteiger partial charge in [0.2, 0.25) is 0 Å². The summed E-state index contributed by atoms with van der Waals surface area (Å²) in [6, 6.07) is 3.61. The highest BCUT2D eigenvalue weighted by Gasteiger charge is 2.24. The van der Waals surface area contributed by atoms with Gasteiger partial charge in [0.05, 0.1) is 18.3 Å². The number of aromatic nitrogens is 1. The van der Waals surface area contributed by atoms with Crippen molar-refractivity contribution in [2.24, 2.45) is 0 Å². The number of fused-ring (bicyclic) bond motifs is 1. The van der Waals surface area contributed by atoms with E-state index in [-0.39, 0.29) is 5.91 Å². The fourth-order valence-electron chi connectivity index (χ4n) is 1.82. The van der Waals surface area contributed by atoms with Crippen molar-refractivity contribution >= 4 is 22.9 Å². The molecule has 0 N–H and O–H groups in total. The lowest BCUT2D eigenvalue weighted by Gasteiger charge is -2.28. The molecule has 1 aliphatic heterocycles. The summed E-state index contributed by atoms with van der Waals surface area (Å²) < 4.78 is 5.49. The number of ether oxygens (including phenoxy) is 1. The van der Waals surface area contributed by atoms with Crippen LogP contribution in [0.3, 0.4) is 0 Å². The maximum atomic E-state index is 12.3. The maximum Gasteiger partial charge on any atom is 0.259 e. The van der Waals surface area contributed by atoms with E-state index in [1.807, 2.05) is 16.8 Å². The summed E-state index contributed by atoms with van der Waals surface area (Å²) in [6.45, 7) is 1.08. The van der Waals surface area contributed by atoms with Gasteiger partial charge in [0.1, 0.15) is 18.0 Å². The molecule has 17 heavy (non-hydrogen) atoms. The van der Waals surface area contributed by atoms with Crippen molar-refractivity contribution in [3.63, 3.8) is 0 Å². The minimum absolute atomic E-state index is 0.00352. The number of rotatable bonds is 1. The molecule has 1 aliphatic rings. The van der Waals surface area contributed by atoms with Gasteiger partial charge in [-0.25, -0.2) is 0 Å². The fourth-order valence-corrected chi connectivity index (χ4v) is 2.45. The molecular formula is C12H10N2O2S. The number of nitrogens with zero attached hydrogens (tertiary/aromatic N) is 2. The third kappa shape index (κ3) is 1.78. The lowest BCUT2D eigenvalue weighted by atomic mass is 10.2. The van der Waals surface area contributed by atoms with Gasteiger partial charge >= 0.3 is 0 Å². The molecule has 0 aliphatic carbocycles. The van der Waals surface area contributed by atoms with E-state index < -0.39 is 0 Å². The normalized spacial score (nSPS) is 14.0. The van der Waals surface area contributed by atoms with Gasteiger partial charge in [-0.05, 0) is 11.4 Å². The molecule has 2 aromatic heterocycles. The number of carbonyl (C=O) groups is 1. The van der Waals surface area contributed by atoms with Crippen LogP contribution in [0.4, 0.5) is 5.69 Å². The van der Waals surface area contributed by atoms with Gasteiger partial charge in [0.25, 0.3) is 5.91 Å². The second kappa shape index (κ2) is 4.18. The summed E-state index contributed by atoms with van der Waals surface area (Å²) in [5, 5.41) is 3.76. The smallest absolute Gasteiger partial charge is 0.259 e. The number of hydrogen-bond donors (Lipinski definition) is 0. The zero-order valence-electron chi connectivity index (χ0n) is 9.00. The van der Waals surface area contributed by atoms with Crippen LogP contribution in [0.15, 0.2) is 35.3 Å². The van der Waals surface area contributed by atoms with Gasteiger partial charge in [0, 0.05) is 17.6 Å². The average Bonchev–Trinajstić information content (AvgIpc) is 2.91. The number of hydrogen-bond acceptors (Lipinski definition) is 4. The predicted octanol–water partition coefficient (Wildman–Crippen LogP) is 2.18. The Morgan fingerprint density at radius 1 is 1.47 bits per heavy atom. The van der Waals surface area contributed by atoms with E-state index in [1.54, 1.807) is 23.4 Å². The van der Waals surface area contributed by atoms with Crippen LogP contribution >= 0.6 is 11.3 Å². The second-order valence-corrected chi connectivity index (χ2v) is 4.44. The summed E-state index contributed by atoms with van der Waals surface area (Å²) in [4.78, 5) is 18.0. The Morgan fingerprint density at radius 2 is 2.41 bits per heavy atom. The molecule has 2 aromatic rings. The van der Waals surface area contributed by atoms with Crippen LogP contribution in [0.1, 0.15) is 10.4 Å². The molecule has 0 saturated heterocycles. The molecule has 1 amide bonds. The Balaban J connectivity index is 1.98. The van der Waals surface area contributed by atoms with Crippen LogP contribution in [-0.2, 0) is 0 Å². The Kier molecular flexibility index (Phi) is 2.53. The van der Waals surface area contributed by atoms with Crippen LogP contribution in [0.2, 0.25) is 0 Å². The molecule has 3 rings (SSSR count). The van der Waals surface area contributed by atoms with Crippen LogP contribution in [-0.4, -0.2) is 24.0 Å². The van der Waals surface area contributed by atoms with Gasteiger partial charge in [-0.2, -0.15) is 11.3 Å². The van der Waals surface area contributed by atoms with Crippen molar-refractivity contribution in [2.45, 2.75) is 0 Å². The topological polar surface area (TPSA) is 42.4 Å². The van der Waals surface area contributed by atoms with Crippen molar-refractivity contribution in [3.8, 4) is 5.75 Å². The molecule has 0 saturated carbocycles. The lowest BCUT2D eigenvalue weighted by Crippen LogP contribution is -2.37. The fraction of sp³-hybridized carbons (Fsp3) is 0.167. The SMILES string of the molecule is O=C(c1ccsc1)N1CCOc2ccncc21. The molecule has 0 fully saturated rings. The predicted molar refractivity (Wildman–Crippen MR) is 65.7 cm³/mol. The summed E-state index contributed by atoms with van der Waals surface area (Å²) in [7, 11) is 0. The van der Waals surface area contributed by atoms with Crippen LogP contribution in [0, 0.1) is 0 Å². The van der Waals surface area contributed by atoms with Crippen LogP contribution in [0.25, 0.3) is 0 Å². The van der Waals surface area contributed by atoms with Crippen molar-refractivity contribution in [1.82, 2.24) is 4.98 Å². The summed E-state index contributed by atoms with van der Waals surface area (Å²) >= 11 is 1.52. The van der Waals surface area contributed by atoms with E-state index in [4.69, 9.17) is 4.74 Å². The van der Waals surface area contributed by atoms with E-state index in [2.05, 4.69) is 4.98 Å². The molecule has 0 bridgehead atoms. The quantitative estimate of drug-likeness (QED) is 0.774. The highest BCUT2D eigenvalue weighted by atomic mass is 32.1. The highest BCUT2D eigenvalue weighted by molar-refractivity contribution is 7.08. The first-order valence-corrected chi connectivity index (χ1v) is 6.21. The molecule has 4 nitrogen and oxygen atoms in total. The number of amides is 1. The monoisotopic (exact) mass is 246 g/mol. The van der Waals surface area contributed by atoms with Crippen molar-refractivity contribution in [1.29, 1.82) is 0 Å². The molecule has 3 heterocycles. The zero-order chi connectivity index (χ0) is 11.7. The number of carbonyl (C=O) groups excluding carboxylic acids is 1. The van der Waals surface area contributed by atoms with Gasteiger partial charge < -0.3 is 9.64 Å². The first-order chi connectivity index (χ1) is 8.36. The van der Waals surface area contributed by atoms with Gasteiger partial charge in [-0.15, -0.1) is 0 Å². The number of pyridine rings is 1. The standard InChI is InChI=1S/C12H10N2O2S/c15-12(9-2-6-17-8-9)14-4-5-16-11-1-3-13-7-10(11)14/h1-3,6-8H,4-5H2. The Hall–Kier alpha value is -1.88. The summed E-state index contributed by atoms with van der Waals surface area (Å²) in [5.41, 5.74) is 1.46. The average molecular weight is 246 g/mol. The Labute approximate surface area is 102 Å². The van der Waals surface area contributed by atoms with Crippen molar-refractivity contribution in [2.75, 3.05) is 18.1 Å². The molecule has 0 radical (unpaired) electrons. The van der Waals surface area contributed by atoms with Crippen molar-refractivity contribution < 1.29 is 9.53 Å². The molecule has 0 spiro atoms. The van der Waals surface area contributed by atoms with E-state index in [9.17, 15) is 4.79 Å². The minimum Gasteiger partial charge on any atom is -0.489 e. The minimum atomic E-state index is 0.00352. The van der Waals surface area contributed by atoms with Crippen molar-refractivity contribution in [3.05, 3.63) is 40.8 Å². The number of thiophene rings is 1. The first-order valence-electron chi connectivity index (χ1n) is 5.27. The molecule has 0 atom stereocenters. The van der Waals surface area contributed by atoms with Crippen LogP contribution < -0.4 is 9.64 Å². The number of anilines is 1. The molecule has 0 aromatic carbocycles. The van der Waals surface area contributed by atoms with E-state index in [1.165, 1.54) is 11.3 Å². The zero-order valence-corrected chi connectivity index (χ0v) is 9.81. The molecule has 86 valence electrons. The third-order valence-corrected chi connectivity index (χ3v) is 3.32. The van der Waals surface area contributed by atoms with Crippen LogP contribution in [0.5, 0.6) is 5.75 Å². The van der Waals surface area contributed by atoms with Gasteiger partial charge in [0.15, 0.2) is 0 Å².